The summed E-state index contributed by atoms with van der Waals surface area (Å²) in [5, 5.41) is 2.79. The second kappa shape index (κ2) is 7.01. The van der Waals surface area contributed by atoms with Crippen molar-refractivity contribution in [1.29, 1.82) is 0 Å². The number of amides is 2. The highest BCUT2D eigenvalue weighted by Crippen LogP contribution is 2.44. The van der Waals surface area contributed by atoms with E-state index in [1.807, 2.05) is 0 Å². The highest BCUT2D eigenvalue weighted by atomic mass is 19.4. The summed E-state index contributed by atoms with van der Waals surface area (Å²) in [7, 11) is 0. The molecule has 0 radical (unpaired) electrons. The van der Waals surface area contributed by atoms with Gasteiger partial charge in [-0.05, 0) is 44.4 Å². The highest BCUT2D eigenvalue weighted by molar-refractivity contribution is 5.93. The van der Waals surface area contributed by atoms with E-state index in [0.29, 0.717) is 5.56 Å². The fraction of sp³-hybridized carbons (Fsp3) is 0.611. The fourth-order valence-electron chi connectivity index (χ4n) is 3.25. The van der Waals surface area contributed by atoms with Crippen LogP contribution in [0.5, 0.6) is 5.75 Å². The zero-order chi connectivity index (χ0) is 19.8. The van der Waals surface area contributed by atoms with Crippen LogP contribution in [0, 0.1) is 5.92 Å². The van der Waals surface area contributed by atoms with Gasteiger partial charge in [0.1, 0.15) is 11.4 Å². The summed E-state index contributed by atoms with van der Waals surface area (Å²) in [6.45, 7) is 0.312. The lowest BCUT2D eigenvalue weighted by Gasteiger charge is -2.29. The zero-order valence-corrected chi connectivity index (χ0v) is 14.9. The van der Waals surface area contributed by atoms with Crippen molar-refractivity contribution in [3.8, 4) is 5.75 Å². The minimum absolute atomic E-state index is 0.0129. The number of halogens is 3. The Labute approximate surface area is 154 Å². The first kappa shape index (κ1) is 19.4. The number of alkyl halides is 3. The monoisotopic (exact) mass is 385 g/mol. The predicted octanol–water partition coefficient (Wildman–Crippen LogP) is 2.67. The number of nitrogens with two attached hydrogens (primary N) is 1. The summed E-state index contributed by atoms with van der Waals surface area (Å²) < 4.78 is 42.5. The first-order valence-electron chi connectivity index (χ1n) is 8.88. The number of carbonyl (C=O) groups excluding carboxylic acids is 2. The number of aromatic nitrogens is 1. The maximum Gasteiger partial charge on any atom is 0.422 e. The molecule has 0 aliphatic heterocycles. The van der Waals surface area contributed by atoms with E-state index >= 15 is 0 Å². The van der Waals surface area contributed by atoms with E-state index in [1.54, 1.807) is 6.92 Å². The lowest BCUT2D eigenvalue weighted by atomic mass is 9.91. The predicted molar refractivity (Wildman–Crippen MR) is 90.2 cm³/mol. The number of pyridine rings is 1. The van der Waals surface area contributed by atoms with E-state index in [4.69, 9.17) is 10.5 Å². The van der Waals surface area contributed by atoms with E-state index in [0.717, 1.165) is 25.7 Å². The van der Waals surface area contributed by atoms with Gasteiger partial charge in [0, 0.05) is 29.8 Å². The Morgan fingerprint density at radius 1 is 1.30 bits per heavy atom. The van der Waals surface area contributed by atoms with Gasteiger partial charge < -0.3 is 15.8 Å². The SMILES string of the molecule is C[C@](CC(N)=O)(NC(=O)c1cc(OCC(F)(F)F)c(C2CC2)cn1)C1CC1. The number of hydrogen-bond donors (Lipinski definition) is 2. The third-order valence-corrected chi connectivity index (χ3v) is 4.96. The number of nitrogens with zero attached hydrogens (tertiary/aromatic N) is 1. The molecular formula is C18H22F3N3O3. The number of primary amides is 1. The van der Waals surface area contributed by atoms with Gasteiger partial charge in [-0.25, -0.2) is 0 Å². The first-order valence-corrected chi connectivity index (χ1v) is 8.88. The maximum atomic E-state index is 12.6. The van der Waals surface area contributed by atoms with Crippen molar-refractivity contribution in [3.63, 3.8) is 0 Å². The van der Waals surface area contributed by atoms with Crippen molar-refractivity contribution in [3.05, 3.63) is 23.5 Å². The topological polar surface area (TPSA) is 94.3 Å². The Kier molecular flexibility index (Phi) is 5.05. The fourth-order valence-corrected chi connectivity index (χ4v) is 3.25. The van der Waals surface area contributed by atoms with E-state index in [9.17, 15) is 22.8 Å². The molecule has 1 aromatic heterocycles. The molecule has 3 N–H and O–H groups in total. The van der Waals surface area contributed by atoms with Gasteiger partial charge in [-0.2, -0.15) is 13.2 Å². The average molecular weight is 385 g/mol. The Balaban J connectivity index is 1.78. The van der Waals surface area contributed by atoms with Gasteiger partial charge >= 0.3 is 6.18 Å². The molecule has 0 spiro atoms. The smallest absolute Gasteiger partial charge is 0.422 e. The summed E-state index contributed by atoms with van der Waals surface area (Å²) in [6.07, 6.45) is 0.373. The van der Waals surface area contributed by atoms with E-state index < -0.39 is 30.1 Å². The summed E-state index contributed by atoms with van der Waals surface area (Å²) >= 11 is 0. The summed E-state index contributed by atoms with van der Waals surface area (Å²) in [5.41, 5.74) is 5.02. The molecule has 0 aromatic carbocycles. The van der Waals surface area contributed by atoms with E-state index in [-0.39, 0.29) is 29.7 Å². The quantitative estimate of drug-likeness (QED) is 0.719. The van der Waals surface area contributed by atoms with Gasteiger partial charge in [-0.1, -0.05) is 0 Å². The van der Waals surface area contributed by atoms with Crippen LogP contribution in [-0.4, -0.2) is 35.1 Å². The van der Waals surface area contributed by atoms with Gasteiger partial charge in [0.05, 0.1) is 0 Å². The minimum Gasteiger partial charge on any atom is -0.484 e. The van der Waals surface area contributed by atoms with Crippen LogP contribution in [0.2, 0.25) is 0 Å². The molecule has 3 rings (SSSR count). The highest BCUT2D eigenvalue weighted by Gasteiger charge is 2.44. The van der Waals surface area contributed by atoms with Gasteiger partial charge in [0.15, 0.2) is 6.61 Å². The van der Waals surface area contributed by atoms with Crippen molar-refractivity contribution in [2.24, 2.45) is 11.7 Å². The molecule has 0 unspecified atom stereocenters. The average Bonchev–Trinajstić information content (AvgIpc) is 3.44. The Morgan fingerprint density at radius 2 is 1.96 bits per heavy atom. The van der Waals surface area contributed by atoms with Crippen LogP contribution >= 0.6 is 0 Å². The standard InChI is InChI=1S/C18H22F3N3O3/c1-17(7-15(22)25,11-4-5-11)24-16(26)13-6-14(27-9-18(19,20)21)12(8-23-13)10-2-3-10/h6,8,10-11H,2-5,7,9H2,1H3,(H2,22,25)(H,24,26)/t17-/m1/s1. The molecule has 1 heterocycles. The summed E-state index contributed by atoms with van der Waals surface area (Å²) in [6, 6.07) is 1.24. The first-order chi connectivity index (χ1) is 12.6. The lowest BCUT2D eigenvalue weighted by molar-refractivity contribution is -0.153. The molecule has 9 heteroatoms. The van der Waals surface area contributed by atoms with Gasteiger partial charge in [-0.3, -0.25) is 14.6 Å². The number of hydrogen-bond acceptors (Lipinski definition) is 4. The Morgan fingerprint density at radius 3 is 2.48 bits per heavy atom. The molecule has 0 saturated heterocycles. The van der Waals surface area contributed by atoms with Crippen molar-refractivity contribution < 1.29 is 27.5 Å². The molecule has 2 amide bonds. The third-order valence-electron chi connectivity index (χ3n) is 4.96. The van der Waals surface area contributed by atoms with Gasteiger partial charge in [0.2, 0.25) is 5.91 Å². The van der Waals surface area contributed by atoms with Gasteiger partial charge in [0.25, 0.3) is 5.91 Å². The molecule has 2 aliphatic carbocycles. The number of ether oxygens (including phenoxy) is 1. The summed E-state index contributed by atoms with van der Waals surface area (Å²) in [5.74, 6) is -0.816. The molecule has 1 aromatic rings. The van der Waals surface area contributed by atoms with Crippen LogP contribution in [0.3, 0.4) is 0 Å². The molecule has 2 saturated carbocycles. The molecule has 2 fully saturated rings. The molecule has 1 atom stereocenters. The molecule has 6 nitrogen and oxygen atoms in total. The van der Waals surface area contributed by atoms with Crippen molar-refractivity contribution in [2.75, 3.05) is 6.61 Å². The number of carbonyl (C=O) groups is 2. The second-order valence-corrected chi connectivity index (χ2v) is 7.57. The number of rotatable bonds is 8. The second-order valence-electron chi connectivity index (χ2n) is 7.57. The maximum absolute atomic E-state index is 12.6. The van der Waals surface area contributed by atoms with Crippen LogP contribution in [0.1, 0.15) is 61.0 Å². The van der Waals surface area contributed by atoms with Crippen molar-refractivity contribution in [2.45, 2.75) is 56.7 Å². The summed E-state index contributed by atoms with van der Waals surface area (Å²) in [4.78, 5) is 28.1. The molecular weight excluding hydrogens is 363 g/mol. The van der Waals surface area contributed by atoms with Crippen LogP contribution in [0.15, 0.2) is 12.3 Å². The number of nitrogens with one attached hydrogen (secondary N) is 1. The van der Waals surface area contributed by atoms with Crippen LogP contribution in [0.25, 0.3) is 0 Å². The largest absolute Gasteiger partial charge is 0.484 e. The molecule has 27 heavy (non-hydrogen) atoms. The van der Waals surface area contributed by atoms with E-state index in [1.165, 1.54) is 12.3 Å². The van der Waals surface area contributed by atoms with Crippen LogP contribution in [0.4, 0.5) is 13.2 Å². The van der Waals surface area contributed by atoms with E-state index in [2.05, 4.69) is 10.3 Å². The molecule has 0 bridgehead atoms. The lowest BCUT2D eigenvalue weighted by Crippen LogP contribution is -2.50. The molecule has 148 valence electrons. The van der Waals surface area contributed by atoms with Crippen molar-refractivity contribution >= 4 is 11.8 Å². The zero-order valence-electron chi connectivity index (χ0n) is 14.9. The van der Waals surface area contributed by atoms with Crippen LogP contribution in [-0.2, 0) is 4.79 Å². The Hall–Kier alpha value is -2.32. The van der Waals surface area contributed by atoms with Crippen LogP contribution < -0.4 is 15.8 Å². The molecule has 2 aliphatic rings. The Bertz CT molecular complexity index is 745. The van der Waals surface area contributed by atoms with Crippen molar-refractivity contribution in [1.82, 2.24) is 10.3 Å². The van der Waals surface area contributed by atoms with Gasteiger partial charge in [-0.15, -0.1) is 0 Å². The third kappa shape index (κ3) is 5.11. The minimum atomic E-state index is -4.47. The normalized spacial score (nSPS) is 19.3.